The molecule has 10 heteroatoms. The van der Waals surface area contributed by atoms with Gasteiger partial charge in [-0.1, -0.05) is 67.1 Å². The minimum Gasteiger partial charge on any atom is -0.425 e. The monoisotopic (exact) mass is 556 g/mol. The van der Waals surface area contributed by atoms with Gasteiger partial charge in [0.25, 0.3) is 0 Å². The van der Waals surface area contributed by atoms with Crippen molar-refractivity contribution in [2.24, 2.45) is 0 Å². The quantitative estimate of drug-likeness (QED) is 0.159. The lowest BCUT2D eigenvalue weighted by Crippen LogP contribution is -2.31. The third kappa shape index (κ3) is 15.5. The van der Waals surface area contributed by atoms with Crippen molar-refractivity contribution in [2.45, 2.75) is 71.4 Å². The van der Waals surface area contributed by atoms with E-state index >= 15 is 0 Å². The Morgan fingerprint density at radius 3 is 1.65 bits per heavy atom. The van der Waals surface area contributed by atoms with Gasteiger partial charge < -0.3 is 29.6 Å². The summed E-state index contributed by atoms with van der Waals surface area (Å²) in [7, 11) is 0. The largest absolute Gasteiger partial charge is 0.425 e. The number of ether oxygens (including phenoxy) is 4. The highest BCUT2D eigenvalue weighted by atomic mass is 16.7. The molecule has 0 aromatic heterocycles. The fourth-order valence-corrected chi connectivity index (χ4v) is 3.69. The van der Waals surface area contributed by atoms with E-state index in [1.807, 2.05) is 60.7 Å². The molecule has 218 valence electrons. The predicted molar refractivity (Wildman–Crippen MR) is 148 cm³/mol. The molecule has 0 spiro atoms. The Balaban J connectivity index is 1.39. The van der Waals surface area contributed by atoms with E-state index in [-0.39, 0.29) is 19.3 Å². The summed E-state index contributed by atoms with van der Waals surface area (Å²) in [5.74, 6) is -1.33. The second-order valence-electron chi connectivity index (χ2n) is 9.18. The van der Waals surface area contributed by atoms with Crippen molar-refractivity contribution in [3.63, 3.8) is 0 Å². The molecule has 0 aliphatic carbocycles. The number of hydrogen-bond donors (Lipinski definition) is 2. The molecule has 0 saturated carbocycles. The zero-order chi connectivity index (χ0) is 29.0. The number of alkyl carbamates (subject to hydrolysis) is 1. The summed E-state index contributed by atoms with van der Waals surface area (Å²) in [5.41, 5.74) is 1.66. The van der Waals surface area contributed by atoms with E-state index in [2.05, 4.69) is 10.6 Å². The van der Waals surface area contributed by atoms with E-state index in [9.17, 15) is 19.2 Å². The highest BCUT2D eigenvalue weighted by Gasteiger charge is 2.15. The van der Waals surface area contributed by atoms with Gasteiger partial charge in [0.1, 0.15) is 0 Å². The molecule has 0 saturated heterocycles. The van der Waals surface area contributed by atoms with Crippen LogP contribution < -0.4 is 10.6 Å². The third-order valence-electron chi connectivity index (χ3n) is 5.58. The Morgan fingerprint density at radius 1 is 0.600 bits per heavy atom. The molecule has 0 bridgehead atoms. The SMILES string of the molecule is C[C@@H](OC(=O)CCCNCCCCCNC(=O)O[C@H](C)OC(=O)Cc1ccccc1)OC(=O)Cc1ccccc1. The van der Waals surface area contributed by atoms with Gasteiger partial charge in [-0.2, -0.15) is 0 Å². The van der Waals surface area contributed by atoms with E-state index in [1.165, 1.54) is 13.8 Å². The minimum absolute atomic E-state index is 0.111. The Morgan fingerprint density at radius 2 is 1.07 bits per heavy atom. The molecule has 0 fully saturated rings. The van der Waals surface area contributed by atoms with Crippen LogP contribution in [0.15, 0.2) is 60.7 Å². The Labute approximate surface area is 235 Å². The molecule has 2 aromatic rings. The number of unbranched alkanes of at least 4 members (excludes halogenated alkanes) is 2. The van der Waals surface area contributed by atoms with Crippen LogP contribution in [-0.2, 0) is 46.2 Å². The summed E-state index contributed by atoms with van der Waals surface area (Å²) < 4.78 is 20.4. The molecule has 2 N–H and O–H groups in total. The molecule has 0 heterocycles. The predicted octanol–water partition coefficient (Wildman–Crippen LogP) is 4.06. The van der Waals surface area contributed by atoms with Crippen molar-refractivity contribution in [1.29, 1.82) is 0 Å². The van der Waals surface area contributed by atoms with Gasteiger partial charge in [0.05, 0.1) is 12.8 Å². The van der Waals surface area contributed by atoms with E-state index in [0.717, 1.165) is 36.9 Å². The number of esters is 3. The molecule has 2 atom stereocenters. The van der Waals surface area contributed by atoms with Crippen molar-refractivity contribution < 1.29 is 38.1 Å². The van der Waals surface area contributed by atoms with Gasteiger partial charge in [-0.3, -0.25) is 14.4 Å². The normalized spacial score (nSPS) is 12.1. The van der Waals surface area contributed by atoms with Crippen molar-refractivity contribution >= 4 is 24.0 Å². The van der Waals surface area contributed by atoms with Crippen LogP contribution in [0.5, 0.6) is 0 Å². The van der Waals surface area contributed by atoms with Crippen LogP contribution in [0.25, 0.3) is 0 Å². The van der Waals surface area contributed by atoms with Gasteiger partial charge in [0.15, 0.2) is 0 Å². The summed E-state index contributed by atoms with van der Waals surface area (Å²) in [5, 5.41) is 5.90. The smallest absolute Gasteiger partial charge is 0.410 e. The molecule has 0 radical (unpaired) electrons. The maximum absolute atomic E-state index is 11.9. The van der Waals surface area contributed by atoms with Gasteiger partial charge in [-0.05, 0) is 43.5 Å². The first kappa shape index (κ1) is 32.3. The zero-order valence-corrected chi connectivity index (χ0v) is 23.3. The van der Waals surface area contributed by atoms with Gasteiger partial charge >= 0.3 is 24.0 Å². The number of amides is 1. The van der Waals surface area contributed by atoms with Crippen LogP contribution in [0.1, 0.15) is 57.1 Å². The lowest BCUT2D eigenvalue weighted by molar-refractivity contribution is -0.184. The third-order valence-corrected chi connectivity index (χ3v) is 5.58. The van der Waals surface area contributed by atoms with Crippen LogP contribution in [0.3, 0.4) is 0 Å². The highest BCUT2D eigenvalue weighted by Crippen LogP contribution is 2.06. The fourth-order valence-electron chi connectivity index (χ4n) is 3.69. The average molecular weight is 557 g/mol. The first-order chi connectivity index (χ1) is 19.3. The molecular formula is C30H40N2O8. The van der Waals surface area contributed by atoms with Crippen molar-refractivity contribution in [1.82, 2.24) is 10.6 Å². The van der Waals surface area contributed by atoms with E-state index in [4.69, 9.17) is 18.9 Å². The number of hydrogen-bond acceptors (Lipinski definition) is 9. The number of nitrogens with one attached hydrogen (secondary N) is 2. The van der Waals surface area contributed by atoms with Gasteiger partial charge in [0.2, 0.25) is 12.6 Å². The molecule has 1 amide bonds. The maximum Gasteiger partial charge on any atom is 0.410 e. The summed E-state index contributed by atoms with van der Waals surface area (Å²) in [4.78, 5) is 47.6. The molecule has 0 aliphatic rings. The second kappa shape index (κ2) is 19.2. The summed E-state index contributed by atoms with van der Waals surface area (Å²) in [6.07, 6.45) is 1.09. The number of rotatable bonds is 18. The molecule has 40 heavy (non-hydrogen) atoms. The molecule has 0 aliphatic heterocycles. The first-order valence-electron chi connectivity index (χ1n) is 13.6. The lowest BCUT2D eigenvalue weighted by Gasteiger charge is -2.14. The topological polar surface area (TPSA) is 129 Å². The van der Waals surface area contributed by atoms with Gasteiger partial charge in [-0.25, -0.2) is 4.79 Å². The van der Waals surface area contributed by atoms with Crippen LogP contribution >= 0.6 is 0 Å². The fraction of sp³-hybridized carbons (Fsp3) is 0.467. The maximum atomic E-state index is 11.9. The average Bonchev–Trinajstić information content (AvgIpc) is 2.90. The van der Waals surface area contributed by atoms with Crippen LogP contribution in [0, 0.1) is 0 Å². The standard InChI is InChI=1S/C30H40N2O8/c1-23(38-28(34)21-25-13-6-3-7-14-25)37-27(33)17-12-19-31-18-10-5-11-20-32-30(36)40-24(2)39-29(35)22-26-15-8-4-9-16-26/h3-4,6-9,13-16,23-24,31H,5,10-12,17-22H2,1-2H3,(H,32,36)/t23-,24+/m0/s1. The van der Waals surface area contributed by atoms with Crippen molar-refractivity contribution in [2.75, 3.05) is 19.6 Å². The van der Waals surface area contributed by atoms with E-state index in [1.54, 1.807) is 0 Å². The van der Waals surface area contributed by atoms with Crippen LogP contribution in [0.4, 0.5) is 4.79 Å². The number of carbonyl (C=O) groups is 4. The van der Waals surface area contributed by atoms with Crippen LogP contribution in [-0.4, -0.2) is 56.2 Å². The van der Waals surface area contributed by atoms with Gasteiger partial charge in [-0.15, -0.1) is 0 Å². The van der Waals surface area contributed by atoms with Crippen molar-refractivity contribution in [3.8, 4) is 0 Å². The zero-order valence-electron chi connectivity index (χ0n) is 23.3. The Kier molecular flexibility index (Phi) is 15.5. The Bertz CT molecular complexity index is 949. The molecule has 2 rings (SSSR count). The van der Waals surface area contributed by atoms with Crippen LogP contribution in [0.2, 0.25) is 0 Å². The van der Waals surface area contributed by atoms with E-state index < -0.39 is 36.6 Å². The Hall–Kier alpha value is -3.92. The number of carbonyl (C=O) groups excluding carboxylic acids is 4. The molecule has 10 nitrogen and oxygen atoms in total. The minimum atomic E-state index is -0.976. The number of benzene rings is 2. The highest BCUT2D eigenvalue weighted by molar-refractivity contribution is 5.74. The lowest BCUT2D eigenvalue weighted by atomic mass is 10.2. The summed E-state index contributed by atoms with van der Waals surface area (Å²) >= 11 is 0. The summed E-state index contributed by atoms with van der Waals surface area (Å²) in [6, 6.07) is 18.4. The molecular weight excluding hydrogens is 516 g/mol. The molecule has 0 unspecified atom stereocenters. The van der Waals surface area contributed by atoms with Gasteiger partial charge in [0, 0.05) is 26.8 Å². The molecule has 2 aromatic carbocycles. The van der Waals surface area contributed by atoms with Crippen molar-refractivity contribution in [3.05, 3.63) is 71.8 Å². The van der Waals surface area contributed by atoms with E-state index in [0.29, 0.717) is 19.5 Å². The second-order valence-corrected chi connectivity index (χ2v) is 9.18. The summed E-state index contributed by atoms with van der Waals surface area (Å²) in [6.45, 7) is 4.90. The first-order valence-corrected chi connectivity index (χ1v) is 13.6.